The maximum Gasteiger partial charge on any atom is 0.335 e. The second kappa shape index (κ2) is 59.2. The van der Waals surface area contributed by atoms with Crippen molar-refractivity contribution >= 4 is 23.9 Å². The zero-order valence-corrected chi connectivity index (χ0v) is 53.1. The molecule has 0 spiro atoms. The van der Waals surface area contributed by atoms with Crippen molar-refractivity contribution in [2.45, 2.75) is 289 Å². The van der Waals surface area contributed by atoms with E-state index >= 15 is 0 Å². The average Bonchev–Trinajstić information content (AvgIpc) is 3.46. The third-order valence-corrected chi connectivity index (χ3v) is 14.2. The number of carbonyl (C=O) groups is 4. The number of aliphatic hydroxyl groups excluding tert-OH is 2. The van der Waals surface area contributed by atoms with Crippen LogP contribution in [-0.2, 0) is 42.9 Å². The van der Waals surface area contributed by atoms with E-state index in [2.05, 4.69) is 142 Å². The van der Waals surface area contributed by atoms with Gasteiger partial charge in [0, 0.05) is 19.3 Å². The minimum absolute atomic E-state index is 0.0349. The maximum atomic E-state index is 13.2. The van der Waals surface area contributed by atoms with Crippen molar-refractivity contribution in [1.29, 1.82) is 0 Å². The number of carboxylic acid groups (broad SMARTS) is 1. The van der Waals surface area contributed by atoms with Crippen molar-refractivity contribution in [3.63, 3.8) is 0 Å². The third-order valence-electron chi connectivity index (χ3n) is 14.2. The van der Waals surface area contributed by atoms with Crippen LogP contribution in [0, 0.1) is 0 Å². The van der Waals surface area contributed by atoms with Gasteiger partial charge < -0.3 is 39.0 Å². The summed E-state index contributed by atoms with van der Waals surface area (Å²) in [6.45, 7) is 5.69. The Bertz CT molecular complexity index is 1990. The monoisotopic (exact) mass is 1180 g/mol. The normalized spacial score (nSPS) is 18.3. The van der Waals surface area contributed by atoms with Gasteiger partial charge in [-0.15, -0.1) is 0 Å². The lowest BCUT2D eigenvalue weighted by molar-refractivity contribution is -0.301. The molecule has 1 aliphatic rings. The average molecular weight is 1190 g/mol. The number of aliphatic hydroxyl groups is 2. The number of allylic oxidation sites excluding steroid dienone is 22. The van der Waals surface area contributed by atoms with Gasteiger partial charge in [-0.2, -0.15) is 0 Å². The standard InChI is InChI=1S/C73H116O12/c1-4-7-10-13-16-19-22-25-28-31-33-36-38-41-44-47-50-53-56-59-65(74)81-62-64(83-66(75)60-57-54-51-48-45-42-40-37-34-32-29-26-23-20-17-14-11-8-5-2)63-82-73-71(69(78)68(77)70(85-73)72(79)80)84-67(76)61-58-55-52-49-46-43-39-35-30-27-24-21-18-15-12-9-6-3/h7,9-10,12,16-21,25-30,33,36,41,44,50,53,64,68-71,73,77-78H,4-6,8,11,13-15,22-24,31-32,34-35,37-40,42-43,45-49,51-52,54-63H2,1-3H3,(H,79,80)/b10-7-,12-9-,19-16-,20-17-,21-18-,28-25-,29-26-,30-27-,36-33-,44-41-,53-50-. The van der Waals surface area contributed by atoms with Crippen molar-refractivity contribution in [3.8, 4) is 0 Å². The number of hydrogen-bond donors (Lipinski definition) is 3. The highest BCUT2D eigenvalue weighted by atomic mass is 16.7. The summed E-state index contributed by atoms with van der Waals surface area (Å²) < 4.78 is 28.5. The summed E-state index contributed by atoms with van der Waals surface area (Å²) in [6.07, 6.45) is 71.3. The van der Waals surface area contributed by atoms with Gasteiger partial charge in [-0.1, -0.05) is 244 Å². The minimum atomic E-state index is -1.92. The van der Waals surface area contributed by atoms with Crippen molar-refractivity contribution in [2.75, 3.05) is 13.2 Å². The zero-order valence-electron chi connectivity index (χ0n) is 53.1. The lowest BCUT2D eigenvalue weighted by Crippen LogP contribution is -2.61. The molecule has 1 saturated heterocycles. The molecule has 6 unspecified atom stereocenters. The molecular formula is C73H116O12. The first-order chi connectivity index (χ1) is 41.6. The van der Waals surface area contributed by atoms with Gasteiger partial charge in [-0.25, -0.2) is 4.79 Å². The van der Waals surface area contributed by atoms with Crippen molar-refractivity contribution in [2.24, 2.45) is 0 Å². The van der Waals surface area contributed by atoms with E-state index in [0.717, 1.165) is 141 Å². The number of esters is 3. The molecular weight excluding hydrogens is 1070 g/mol. The van der Waals surface area contributed by atoms with Crippen LogP contribution in [0.5, 0.6) is 0 Å². The van der Waals surface area contributed by atoms with Crippen LogP contribution in [0.25, 0.3) is 0 Å². The Kier molecular flexibility index (Phi) is 54.2. The number of carbonyl (C=O) groups excluding carboxylic acids is 3. The van der Waals surface area contributed by atoms with E-state index in [9.17, 15) is 34.5 Å². The van der Waals surface area contributed by atoms with Gasteiger partial charge in [0.1, 0.15) is 18.8 Å². The van der Waals surface area contributed by atoms with Gasteiger partial charge in [-0.05, 0) is 122 Å². The fourth-order valence-corrected chi connectivity index (χ4v) is 9.20. The van der Waals surface area contributed by atoms with Crippen LogP contribution in [0.4, 0.5) is 0 Å². The Labute approximate surface area is 515 Å². The summed E-state index contributed by atoms with van der Waals surface area (Å²) in [5.41, 5.74) is 0. The van der Waals surface area contributed by atoms with Gasteiger partial charge in [-0.3, -0.25) is 14.4 Å². The second-order valence-electron chi connectivity index (χ2n) is 22.0. The van der Waals surface area contributed by atoms with E-state index in [4.69, 9.17) is 23.7 Å². The lowest BCUT2D eigenvalue weighted by Gasteiger charge is -2.40. The highest BCUT2D eigenvalue weighted by molar-refractivity contribution is 5.74. The highest BCUT2D eigenvalue weighted by Gasteiger charge is 2.50. The minimum Gasteiger partial charge on any atom is -0.479 e. The van der Waals surface area contributed by atoms with Gasteiger partial charge in [0.15, 0.2) is 24.6 Å². The van der Waals surface area contributed by atoms with Crippen LogP contribution < -0.4 is 0 Å². The summed E-state index contributed by atoms with van der Waals surface area (Å²) in [5.74, 6) is -3.26. The molecule has 0 aromatic carbocycles. The first-order valence-corrected chi connectivity index (χ1v) is 33.2. The number of rotatable bonds is 55. The van der Waals surface area contributed by atoms with E-state index < -0.39 is 67.3 Å². The molecule has 85 heavy (non-hydrogen) atoms. The van der Waals surface area contributed by atoms with Gasteiger partial charge in [0.25, 0.3) is 0 Å². The Morgan fingerprint density at radius 2 is 0.765 bits per heavy atom. The van der Waals surface area contributed by atoms with Crippen LogP contribution in [0.2, 0.25) is 0 Å². The molecule has 1 heterocycles. The Morgan fingerprint density at radius 1 is 0.400 bits per heavy atom. The van der Waals surface area contributed by atoms with E-state index in [1.807, 2.05) is 12.2 Å². The molecule has 3 N–H and O–H groups in total. The smallest absolute Gasteiger partial charge is 0.335 e. The molecule has 1 aliphatic heterocycles. The summed E-state index contributed by atoms with van der Waals surface area (Å²) in [6, 6.07) is 0. The molecule has 0 radical (unpaired) electrons. The summed E-state index contributed by atoms with van der Waals surface area (Å²) in [5, 5.41) is 31.6. The number of aliphatic carboxylic acids is 1. The number of carboxylic acids is 1. The molecule has 0 aromatic heterocycles. The van der Waals surface area contributed by atoms with Crippen LogP contribution >= 0.6 is 0 Å². The van der Waals surface area contributed by atoms with Crippen molar-refractivity contribution in [1.82, 2.24) is 0 Å². The Morgan fingerprint density at radius 3 is 1.18 bits per heavy atom. The predicted octanol–water partition coefficient (Wildman–Crippen LogP) is 18.1. The maximum absolute atomic E-state index is 13.2. The molecule has 12 heteroatoms. The van der Waals surface area contributed by atoms with Crippen LogP contribution in [0.1, 0.15) is 252 Å². The molecule has 0 saturated carbocycles. The third kappa shape index (κ3) is 48.6. The number of hydrogen-bond acceptors (Lipinski definition) is 11. The van der Waals surface area contributed by atoms with E-state index in [1.54, 1.807) is 0 Å². The van der Waals surface area contributed by atoms with Gasteiger partial charge in [0.05, 0.1) is 6.61 Å². The van der Waals surface area contributed by atoms with Crippen LogP contribution in [-0.4, -0.2) is 89.2 Å². The molecule has 0 amide bonds. The quantitative estimate of drug-likeness (QED) is 0.0228. The highest BCUT2D eigenvalue weighted by Crippen LogP contribution is 2.26. The lowest BCUT2D eigenvalue weighted by atomic mass is 9.98. The van der Waals surface area contributed by atoms with E-state index in [1.165, 1.54) is 51.4 Å². The van der Waals surface area contributed by atoms with Crippen molar-refractivity contribution < 1.29 is 58.2 Å². The zero-order chi connectivity index (χ0) is 61.7. The number of unbranched alkanes of at least 4 members (excludes halogenated alkanes) is 19. The second-order valence-corrected chi connectivity index (χ2v) is 22.0. The predicted molar refractivity (Wildman–Crippen MR) is 349 cm³/mol. The SMILES string of the molecule is CC/C=C\C/C=C\C/C=C\C/C=C\C/C=C\C/C=C\CCC(=O)OCC(COC1OC(C(=O)O)C(O)C(O)C1OC(=O)CCCCCCCCC/C=C\C/C=C\C/C=C\CC)OC(=O)CCCCCCCCCCC/C=C\C/C=C\CCCCC. The summed E-state index contributed by atoms with van der Waals surface area (Å²) in [4.78, 5) is 51.4. The van der Waals surface area contributed by atoms with E-state index in [0.29, 0.717) is 19.3 Å². The summed E-state index contributed by atoms with van der Waals surface area (Å²) >= 11 is 0. The fourth-order valence-electron chi connectivity index (χ4n) is 9.20. The largest absolute Gasteiger partial charge is 0.479 e. The Hall–Kier alpha value is -5.14. The first-order valence-electron chi connectivity index (χ1n) is 33.2. The molecule has 0 aromatic rings. The molecule has 12 nitrogen and oxygen atoms in total. The first kappa shape index (κ1) is 77.9. The Balaban J connectivity index is 2.72. The van der Waals surface area contributed by atoms with E-state index in [-0.39, 0.29) is 25.9 Å². The molecule has 1 fully saturated rings. The topological polar surface area (TPSA) is 175 Å². The molecule has 1 rings (SSSR count). The summed E-state index contributed by atoms with van der Waals surface area (Å²) in [7, 11) is 0. The molecule has 0 bridgehead atoms. The van der Waals surface area contributed by atoms with Gasteiger partial charge >= 0.3 is 23.9 Å². The molecule has 480 valence electrons. The van der Waals surface area contributed by atoms with Crippen molar-refractivity contribution in [3.05, 3.63) is 134 Å². The number of ether oxygens (including phenoxy) is 5. The van der Waals surface area contributed by atoms with Crippen LogP contribution in [0.15, 0.2) is 134 Å². The van der Waals surface area contributed by atoms with Gasteiger partial charge in [0.2, 0.25) is 0 Å². The molecule has 0 aliphatic carbocycles. The fraction of sp³-hybridized carbons (Fsp3) is 0.644. The van der Waals surface area contributed by atoms with Crippen LogP contribution in [0.3, 0.4) is 0 Å². The molecule has 6 atom stereocenters.